The van der Waals surface area contributed by atoms with Gasteiger partial charge in [-0.3, -0.25) is 14.8 Å². The van der Waals surface area contributed by atoms with Crippen LogP contribution >= 0.6 is 12.2 Å². The summed E-state index contributed by atoms with van der Waals surface area (Å²) in [4.78, 5) is 21.9. The van der Waals surface area contributed by atoms with Crippen molar-refractivity contribution in [2.75, 3.05) is 6.54 Å². The first kappa shape index (κ1) is 18.9. The quantitative estimate of drug-likeness (QED) is 0.579. The van der Waals surface area contributed by atoms with Crippen LogP contribution in [-0.4, -0.2) is 32.2 Å². The number of aromatic amines is 2. The summed E-state index contributed by atoms with van der Waals surface area (Å²) in [5.41, 5.74) is 2.05. The van der Waals surface area contributed by atoms with Crippen LogP contribution in [0.3, 0.4) is 0 Å². The Kier molecular flexibility index (Phi) is 4.84. The van der Waals surface area contributed by atoms with Crippen molar-refractivity contribution < 1.29 is 13.2 Å². The van der Waals surface area contributed by atoms with E-state index in [0.29, 0.717) is 23.3 Å². The fourth-order valence-corrected chi connectivity index (χ4v) is 4.01. The highest BCUT2D eigenvalue weighted by Crippen LogP contribution is 2.38. The van der Waals surface area contributed by atoms with E-state index in [0.717, 1.165) is 5.56 Å². The van der Waals surface area contributed by atoms with E-state index in [1.165, 1.54) is 0 Å². The van der Waals surface area contributed by atoms with Crippen molar-refractivity contribution in [2.24, 2.45) is 5.92 Å². The molecule has 2 unspecified atom stereocenters. The standard InChI is InChI=1S/C18H18F3N5OS/c19-18(20,21)11-3-6-22-12(8-11)14-10(2-1-5-23-14)9-26-13-4-7-24-15(13)16(27)25-17(26)28/h1-2,4-5,7,11-12,22,24H,3,6,8-9H2,(H,25,27,28). The average molecular weight is 409 g/mol. The molecule has 28 heavy (non-hydrogen) atoms. The molecule has 3 aromatic rings. The Morgan fingerprint density at radius 2 is 2.14 bits per heavy atom. The van der Waals surface area contributed by atoms with Crippen LogP contribution in [0.1, 0.15) is 30.1 Å². The summed E-state index contributed by atoms with van der Waals surface area (Å²) in [6.45, 7) is 0.576. The van der Waals surface area contributed by atoms with E-state index in [1.54, 1.807) is 29.1 Å². The van der Waals surface area contributed by atoms with Gasteiger partial charge < -0.3 is 14.9 Å². The van der Waals surface area contributed by atoms with E-state index in [9.17, 15) is 18.0 Å². The second kappa shape index (κ2) is 7.17. The predicted octanol–water partition coefficient (Wildman–Crippen LogP) is 3.43. The van der Waals surface area contributed by atoms with Gasteiger partial charge in [0.05, 0.1) is 29.7 Å². The molecular weight excluding hydrogens is 391 g/mol. The Balaban J connectivity index is 1.71. The normalized spacial score (nSPS) is 20.5. The lowest BCUT2D eigenvalue weighted by Crippen LogP contribution is -2.38. The average Bonchev–Trinajstić information content (AvgIpc) is 3.15. The topological polar surface area (TPSA) is 78.5 Å². The Morgan fingerprint density at radius 3 is 2.93 bits per heavy atom. The number of piperidine rings is 1. The number of halogens is 3. The zero-order valence-electron chi connectivity index (χ0n) is 14.7. The fourth-order valence-electron chi connectivity index (χ4n) is 3.75. The molecule has 1 aliphatic rings. The molecule has 3 N–H and O–H groups in total. The third kappa shape index (κ3) is 3.49. The Hall–Kier alpha value is -2.46. The number of nitrogens with zero attached hydrogens (tertiary/aromatic N) is 2. The Morgan fingerprint density at radius 1 is 1.32 bits per heavy atom. The van der Waals surface area contributed by atoms with Crippen LogP contribution in [0, 0.1) is 10.7 Å². The highest BCUT2D eigenvalue weighted by Gasteiger charge is 2.42. The summed E-state index contributed by atoms with van der Waals surface area (Å²) in [5.74, 6) is -1.35. The lowest BCUT2D eigenvalue weighted by atomic mass is 9.89. The molecule has 1 saturated heterocycles. The number of aromatic nitrogens is 4. The van der Waals surface area contributed by atoms with Gasteiger partial charge in [0.25, 0.3) is 5.56 Å². The molecule has 0 amide bonds. The molecule has 0 aromatic carbocycles. The Bertz CT molecular complexity index is 1120. The molecule has 148 valence electrons. The molecule has 4 rings (SSSR count). The van der Waals surface area contributed by atoms with E-state index in [4.69, 9.17) is 12.2 Å². The van der Waals surface area contributed by atoms with Gasteiger partial charge in [0, 0.05) is 12.4 Å². The van der Waals surface area contributed by atoms with Crippen molar-refractivity contribution in [1.29, 1.82) is 0 Å². The number of hydrogen-bond donors (Lipinski definition) is 3. The van der Waals surface area contributed by atoms with Crippen LogP contribution in [0.2, 0.25) is 0 Å². The number of nitrogens with one attached hydrogen (secondary N) is 3. The van der Waals surface area contributed by atoms with Gasteiger partial charge in [-0.1, -0.05) is 6.07 Å². The minimum absolute atomic E-state index is 0.0515. The van der Waals surface area contributed by atoms with Gasteiger partial charge in [-0.05, 0) is 49.3 Å². The van der Waals surface area contributed by atoms with Crippen molar-refractivity contribution >= 4 is 23.3 Å². The number of hydrogen-bond acceptors (Lipinski definition) is 4. The van der Waals surface area contributed by atoms with Gasteiger partial charge in [-0.15, -0.1) is 0 Å². The van der Waals surface area contributed by atoms with Gasteiger partial charge in [-0.25, -0.2) is 0 Å². The van der Waals surface area contributed by atoms with Crippen LogP contribution in [0.25, 0.3) is 11.0 Å². The van der Waals surface area contributed by atoms with Crippen LogP contribution in [0.4, 0.5) is 13.2 Å². The third-order valence-electron chi connectivity index (χ3n) is 5.16. The maximum absolute atomic E-state index is 13.2. The highest BCUT2D eigenvalue weighted by atomic mass is 32.1. The summed E-state index contributed by atoms with van der Waals surface area (Å²) in [7, 11) is 0. The molecule has 2 atom stereocenters. The zero-order chi connectivity index (χ0) is 19.9. The molecular formula is C18H18F3N5OS. The van der Waals surface area contributed by atoms with Crippen molar-refractivity contribution in [3.8, 4) is 0 Å². The van der Waals surface area contributed by atoms with Crippen LogP contribution in [0.5, 0.6) is 0 Å². The van der Waals surface area contributed by atoms with E-state index in [2.05, 4.69) is 20.3 Å². The van der Waals surface area contributed by atoms with Crippen molar-refractivity contribution in [3.63, 3.8) is 0 Å². The minimum atomic E-state index is -4.21. The van der Waals surface area contributed by atoms with E-state index in [1.807, 2.05) is 6.07 Å². The third-order valence-corrected chi connectivity index (χ3v) is 5.48. The van der Waals surface area contributed by atoms with Crippen molar-refractivity contribution in [2.45, 2.75) is 31.6 Å². The van der Waals surface area contributed by atoms with Crippen LogP contribution < -0.4 is 10.9 Å². The highest BCUT2D eigenvalue weighted by molar-refractivity contribution is 7.71. The number of H-pyrrole nitrogens is 2. The molecule has 0 bridgehead atoms. The first-order valence-corrected chi connectivity index (χ1v) is 9.29. The molecule has 3 aromatic heterocycles. The molecule has 0 aliphatic carbocycles. The van der Waals surface area contributed by atoms with E-state index >= 15 is 0 Å². The summed E-state index contributed by atoms with van der Waals surface area (Å²) in [6.07, 6.45) is -0.975. The summed E-state index contributed by atoms with van der Waals surface area (Å²) in [6, 6.07) is 4.82. The lowest BCUT2D eigenvalue weighted by Gasteiger charge is -2.32. The predicted molar refractivity (Wildman–Crippen MR) is 101 cm³/mol. The monoisotopic (exact) mass is 409 g/mol. The molecule has 0 radical (unpaired) electrons. The summed E-state index contributed by atoms with van der Waals surface area (Å²) >= 11 is 5.31. The Labute approximate surface area is 162 Å². The van der Waals surface area contributed by atoms with E-state index in [-0.39, 0.29) is 29.7 Å². The lowest BCUT2D eigenvalue weighted by molar-refractivity contribution is -0.183. The SMILES string of the molecule is O=c1[nH]c(=S)n(Cc2cccnc2C2CC(C(F)(F)F)CCN2)c2cc[nH]c12. The van der Waals surface area contributed by atoms with Crippen molar-refractivity contribution in [1.82, 2.24) is 24.8 Å². The molecule has 1 aliphatic heterocycles. The molecule has 0 saturated carbocycles. The van der Waals surface area contributed by atoms with E-state index < -0.39 is 18.1 Å². The van der Waals surface area contributed by atoms with Gasteiger partial charge in [0.1, 0.15) is 5.52 Å². The van der Waals surface area contributed by atoms with Gasteiger partial charge >= 0.3 is 6.18 Å². The molecule has 1 fully saturated rings. The van der Waals surface area contributed by atoms with Gasteiger partial charge in [0.2, 0.25) is 0 Å². The first-order chi connectivity index (χ1) is 13.3. The summed E-state index contributed by atoms with van der Waals surface area (Å²) in [5, 5.41) is 3.16. The summed E-state index contributed by atoms with van der Waals surface area (Å²) < 4.78 is 41.6. The smallest absolute Gasteiger partial charge is 0.355 e. The van der Waals surface area contributed by atoms with Crippen LogP contribution in [-0.2, 0) is 6.54 Å². The number of rotatable bonds is 3. The molecule has 0 spiro atoms. The first-order valence-electron chi connectivity index (χ1n) is 8.88. The molecule has 6 nitrogen and oxygen atoms in total. The minimum Gasteiger partial charge on any atom is -0.355 e. The second-order valence-corrected chi connectivity index (χ2v) is 7.29. The zero-order valence-corrected chi connectivity index (χ0v) is 15.5. The number of fused-ring (bicyclic) bond motifs is 1. The number of pyridine rings is 1. The van der Waals surface area contributed by atoms with Crippen LogP contribution in [0.15, 0.2) is 35.4 Å². The largest absolute Gasteiger partial charge is 0.391 e. The van der Waals surface area contributed by atoms with Gasteiger partial charge in [0.15, 0.2) is 4.77 Å². The molecule has 10 heteroatoms. The fraction of sp³-hybridized carbons (Fsp3) is 0.389. The maximum atomic E-state index is 13.2. The second-order valence-electron chi connectivity index (χ2n) is 6.90. The number of alkyl halides is 3. The van der Waals surface area contributed by atoms with Gasteiger partial charge in [-0.2, -0.15) is 13.2 Å². The maximum Gasteiger partial charge on any atom is 0.391 e. The molecule has 4 heterocycles. The van der Waals surface area contributed by atoms with Crippen molar-refractivity contribution in [3.05, 3.63) is 57.0 Å².